The highest BCUT2D eigenvalue weighted by molar-refractivity contribution is 6.08. The summed E-state index contributed by atoms with van der Waals surface area (Å²) >= 11 is 0. The SMILES string of the molecule is COc1cccc(Nc2c(C(N)=O)cnc3c(C)cc(Cc4ccc(-c5ccc(C=O)cc5)cc4)cc23)c1. The minimum atomic E-state index is -0.551. The third-order valence-corrected chi connectivity index (χ3v) is 6.57. The van der Waals surface area contributed by atoms with E-state index >= 15 is 0 Å². The molecule has 0 aliphatic rings. The van der Waals surface area contributed by atoms with E-state index in [-0.39, 0.29) is 0 Å². The molecule has 0 aliphatic heterocycles. The molecule has 5 rings (SSSR count). The Morgan fingerprint density at radius 2 is 1.66 bits per heavy atom. The predicted molar refractivity (Wildman–Crippen MR) is 151 cm³/mol. The van der Waals surface area contributed by atoms with E-state index < -0.39 is 5.91 Å². The van der Waals surface area contributed by atoms with Crippen LogP contribution in [0.4, 0.5) is 11.4 Å². The molecule has 6 heteroatoms. The van der Waals surface area contributed by atoms with Gasteiger partial charge in [-0.1, -0.05) is 60.7 Å². The molecule has 5 aromatic rings. The first kappa shape index (κ1) is 24.7. The molecule has 0 radical (unpaired) electrons. The molecule has 38 heavy (non-hydrogen) atoms. The number of rotatable bonds is 8. The number of nitrogens with one attached hydrogen (secondary N) is 1. The highest BCUT2D eigenvalue weighted by atomic mass is 16.5. The summed E-state index contributed by atoms with van der Waals surface area (Å²) in [5.74, 6) is 0.151. The van der Waals surface area contributed by atoms with Gasteiger partial charge in [-0.25, -0.2) is 0 Å². The van der Waals surface area contributed by atoms with E-state index in [2.05, 4.69) is 46.7 Å². The third-order valence-electron chi connectivity index (χ3n) is 6.57. The number of aldehydes is 1. The summed E-state index contributed by atoms with van der Waals surface area (Å²) in [6, 6.07) is 27.6. The Morgan fingerprint density at radius 1 is 0.947 bits per heavy atom. The van der Waals surface area contributed by atoms with Crippen molar-refractivity contribution in [3.63, 3.8) is 0 Å². The fraction of sp³-hybridized carbons (Fsp3) is 0.0938. The summed E-state index contributed by atoms with van der Waals surface area (Å²) in [6.45, 7) is 2.02. The Morgan fingerprint density at radius 3 is 2.32 bits per heavy atom. The topological polar surface area (TPSA) is 94.3 Å². The van der Waals surface area contributed by atoms with E-state index in [1.807, 2.05) is 55.5 Å². The Balaban J connectivity index is 1.50. The van der Waals surface area contributed by atoms with Gasteiger partial charge in [0, 0.05) is 28.9 Å². The molecule has 0 aliphatic carbocycles. The Labute approximate surface area is 221 Å². The van der Waals surface area contributed by atoms with Crippen molar-refractivity contribution in [2.75, 3.05) is 12.4 Å². The van der Waals surface area contributed by atoms with Crippen molar-refractivity contribution in [1.82, 2.24) is 4.98 Å². The van der Waals surface area contributed by atoms with Crippen molar-refractivity contribution in [2.45, 2.75) is 13.3 Å². The molecule has 0 bridgehead atoms. The van der Waals surface area contributed by atoms with Gasteiger partial charge in [-0.3, -0.25) is 14.6 Å². The Kier molecular flexibility index (Phi) is 6.87. The summed E-state index contributed by atoms with van der Waals surface area (Å²) in [5.41, 5.74) is 14.3. The van der Waals surface area contributed by atoms with Crippen LogP contribution in [-0.4, -0.2) is 24.3 Å². The van der Waals surface area contributed by atoms with E-state index in [9.17, 15) is 9.59 Å². The van der Waals surface area contributed by atoms with Crippen LogP contribution in [0.1, 0.15) is 37.4 Å². The number of methoxy groups -OCH3 is 1. The van der Waals surface area contributed by atoms with Crippen molar-refractivity contribution in [2.24, 2.45) is 5.73 Å². The summed E-state index contributed by atoms with van der Waals surface area (Å²) in [4.78, 5) is 27.8. The second kappa shape index (κ2) is 10.6. The number of benzene rings is 4. The highest BCUT2D eigenvalue weighted by Gasteiger charge is 2.16. The van der Waals surface area contributed by atoms with Crippen LogP contribution in [-0.2, 0) is 6.42 Å². The number of primary amides is 1. The molecule has 1 aromatic heterocycles. The first-order valence-electron chi connectivity index (χ1n) is 12.2. The lowest BCUT2D eigenvalue weighted by molar-refractivity contribution is 0.100. The minimum Gasteiger partial charge on any atom is -0.497 e. The zero-order chi connectivity index (χ0) is 26.6. The van der Waals surface area contributed by atoms with E-state index in [4.69, 9.17) is 10.5 Å². The zero-order valence-corrected chi connectivity index (χ0v) is 21.2. The van der Waals surface area contributed by atoms with Gasteiger partial charge < -0.3 is 15.8 Å². The van der Waals surface area contributed by atoms with Gasteiger partial charge in [-0.2, -0.15) is 0 Å². The van der Waals surface area contributed by atoms with Crippen LogP contribution >= 0.6 is 0 Å². The number of fused-ring (bicyclic) bond motifs is 1. The Hall–Kier alpha value is -4.97. The van der Waals surface area contributed by atoms with Gasteiger partial charge >= 0.3 is 0 Å². The fourth-order valence-electron chi connectivity index (χ4n) is 4.63. The van der Waals surface area contributed by atoms with Crippen molar-refractivity contribution >= 4 is 34.5 Å². The molecular formula is C32H27N3O3. The Bertz CT molecular complexity index is 1640. The number of nitrogens with zero attached hydrogens (tertiary/aromatic N) is 1. The summed E-state index contributed by atoms with van der Waals surface area (Å²) in [5, 5.41) is 4.21. The molecule has 0 saturated carbocycles. The maximum absolute atomic E-state index is 12.3. The standard InChI is InChI=1S/C32H27N3O3/c1-20-14-23(15-21-6-10-24(11-7-21)25-12-8-22(19-36)9-13-25)16-28-30(20)34-18-29(32(33)37)31(28)35-26-4-3-5-27(17-26)38-2/h3-14,16-19H,15H2,1-2H3,(H2,33,37)(H,34,35). The average Bonchev–Trinajstić information content (AvgIpc) is 2.94. The van der Waals surface area contributed by atoms with Crippen molar-refractivity contribution in [1.29, 1.82) is 0 Å². The van der Waals surface area contributed by atoms with E-state index in [0.29, 0.717) is 29.0 Å². The molecule has 0 atom stereocenters. The molecule has 4 aromatic carbocycles. The molecule has 0 fully saturated rings. The van der Waals surface area contributed by atoms with Crippen LogP contribution < -0.4 is 15.8 Å². The number of aryl methyl sites for hydroxylation is 1. The maximum Gasteiger partial charge on any atom is 0.252 e. The van der Waals surface area contributed by atoms with Gasteiger partial charge in [-0.05, 0) is 59.4 Å². The molecule has 1 heterocycles. The number of hydrogen-bond acceptors (Lipinski definition) is 5. The second-order valence-corrected chi connectivity index (χ2v) is 9.19. The summed E-state index contributed by atoms with van der Waals surface area (Å²) in [7, 11) is 1.61. The van der Waals surface area contributed by atoms with Gasteiger partial charge in [0.05, 0.1) is 23.9 Å². The number of carbonyl (C=O) groups is 2. The number of amides is 1. The maximum atomic E-state index is 12.3. The molecule has 0 spiro atoms. The number of carbonyl (C=O) groups excluding carboxylic acids is 2. The number of hydrogen-bond donors (Lipinski definition) is 2. The van der Waals surface area contributed by atoms with Crippen molar-refractivity contribution < 1.29 is 14.3 Å². The average molecular weight is 502 g/mol. The predicted octanol–water partition coefficient (Wildman–Crippen LogP) is 6.46. The third kappa shape index (κ3) is 5.11. The van der Waals surface area contributed by atoms with Gasteiger partial charge in [-0.15, -0.1) is 0 Å². The van der Waals surface area contributed by atoms with Gasteiger partial charge in [0.1, 0.15) is 12.0 Å². The molecule has 1 amide bonds. The number of pyridine rings is 1. The zero-order valence-electron chi connectivity index (χ0n) is 21.2. The number of nitrogens with two attached hydrogens (primary N) is 1. The van der Waals surface area contributed by atoms with Gasteiger partial charge in [0.25, 0.3) is 5.91 Å². The lowest BCUT2D eigenvalue weighted by Gasteiger charge is -2.16. The highest BCUT2D eigenvalue weighted by Crippen LogP contribution is 2.33. The molecule has 6 nitrogen and oxygen atoms in total. The molecule has 0 unspecified atom stereocenters. The largest absolute Gasteiger partial charge is 0.497 e. The lowest BCUT2D eigenvalue weighted by Crippen LogP contribution is -2.14. The van der Waals surface area contributed by atoms with Crippen LogP contribution in [0.2, 0.25) is 0 Å². The number of anilines is 2. The van der Waals surface area contributed by atoms with Gasteiger partial charge in [0.15, 0.2) is 0 Å². The fourth-order valence-corrected chi connectivity index (χ4v) is 4.63. The van der Waals surface area contributed by atoms with Crippen LogP contribution in [0.15, 0.2) is 91.1 Å². The number of aromatic nitrogens is 1. The van der Waals surface area contributed by atoms with Crippen LogP contribution in [0, 0.1) is 6.92 Å². The summed E-state index contributed by atoms with van der Waals surface area (Å²) in [6.07, 6.45) is 3.08. The molecular weight excluding hydrogens is 474 g/mol. The first-order chi connectivity index (χ1) is 18.4. The van der Waals surface area contributed by atoms with Crippen LogP contribution in [0.5, 0.6) is 5.75 Å². The molecule has 188 valence electrons. The van der Waals surface area contributed by atoms with E-state index in [0.717, 1.165) is 50.7 Å². The normalized spacial score (nSPS) is 10.8. The van der Waals surface area contributed by atoms with Crippen LogP contribution in [0.3, 0.4) is 0 Å². The monoisotopic (exact) mass is 501 g/mol. The minimum absolute atomic E-state index is 0.321. The second-order valence-electron chi connectivity index (χ2n) is 9.19. The van der Waals surface area contributed by atoms with Crippen molar-refractivity contribution in [3.8, 4) is 16.9 Å². The van der Waals surface area contributed by atoms with Crippen LogP contribution in [0.25, 0.3) is 22.0 Å². The lowest BCUT2D eigenvalue weighted by atomic mass is 9.96. The quantitative estimate of drug-likeness (QED) is 0.238. The first-order valence-corrected chi connectivity index (χ1v) is 12.2. The number of ether oxygens (including phenoxy) is 1. The van der Waals surface area contributed by atoms with E-state index in [1.165, 1.54) is 6.20 Å². The molecule has 0 saturated heterocycles. The van der Waals surface area contributed by atoms with E-state index in [1.54, 1.807) is 7.11 Å². The molecule has 3 N–H and O–H groups in total. The summed E-state index contributed by atoms with van der Waals surface area (Å²) < 4.78 is 5.35. The smallest absolute Gasteiger partial charge is 0.252 e. The van der Waals surface area contributed by atoms with Gasteiger partial charge in [0.2, 0.25) is 0 Å². The van der Waals surface area contributed by atoms with Crippen molar-refractivity contribution in [3.05, 3.63) is 119 Å².